The smallest absolute Gasteiger partial charge is 0.253 e. The van der Waals surface area contributed by atoms with Crippen molar-refractivity contribution in [3.63, 3.8) is 0 Å². The van der Waals surface area contributed by atoms with Gasteiger partial charge in [0.2, 0.25) is 5.91 Å². The first-order valence-corrected chi connectivity index (χ1v) is 9.54. The van der Waals surface area contributed by atoms with E-state index in [1.54, 1.807) is 24.3 Å². The molecule has 7 heteroatoms. The van der Waals surface area contributed by atoms with Crippen LogP contribution in [-0.4, -0.2) is 36.3 Å². The summed E-state index contributed by atoms with van der Waals surface area (Å²) in [5, 5.41) is 3.36. The lowest BCUT2D eigenvalue weighted by molar-refractivity contribution is -0.130. The van der Waals surface area contributed by atoms with Gasteiger partial charge < -0.3 is 16.0 Å². The molecule has 0 aromatic heterocycles. The first-order chi connectivity index (χ1) is 13.1. The average molecular weight is 422 g/mol. The third-order valence-corrected chi connectivity index (χ3v) is 5.31. The number of carbonyl (C=O) groups is 2. The minimum absolute atomic E-state index is 0. The summed E-state index contributed by atoms with van der Waals surface area (Å²) in [5.74, 6) is 0.101. The molecule has 1 heterocycles. The molecule has 3 rings (SSSR count). The second-order valence-electron chi connectivity index (χ2n) is 6.85. The van der Waals surface area contributed by atoms with E-state index in [1.807, 2.05) is 35.2 Å². The van der Waals surface area contributed by atoms with Crippen molar-refractivity contribution in [3.05, 3.63) is 70.7 Å². The molecular weight excluding hydrogens is 397 g/mol. The number of carbonyl (C=O) groups excluding carboxylic acids is 2. The average Bonchev–Trinajstić information content (AvgIpc) is 3.18. The van der Waals surface area contributed by atoms with Crippen LogP contribution >= 0.6 is 24.0 Å². The lowest BCUT2D eigenvalue weighted by Gasteiger charge is -2.23. The minimum atomic E-state index is -0.417. The Balaban J connectivity index is 0.00000280. The molecule has 150 valence electrons. The second-order valence-corrected chi connectivity index (χ2v) is 7.26. The molecule has 2 unspecified atom stereocenters. The number of nitrogens with two attached hydrogens (primary N) is 1. The Morgan fingerprint density at radius 1 is 1.14 bits per heavy atom. The zero-order valence-corrected chi connectivity index (χ0v) is 17.1. The standard InChI is InChI=1S/C21H24ClN3O2.ClH/c22-18-9-5-4-8-17(18)21(27)24-19(16-6-2-1-3-7-16)12-20(26)25-11-10-15(13-23)14-25;/h1-9,15,19H,10-14,23H2,(H,24,27);1H. The maximum Gasteiger partial charge on any atom is 0.253 e. The molecule has 2 atom stereocenters. The number of rotatable bonds is 6. The van der Waals surface area contributed by atoms with Crippen molar-refractivity contribution in [2.45, 2.75) is 18.9 Å². The molecule has 1 aliphatic rings. The Morgan fingerprint density at radius 2 is 1.82 bits per heavy atom. The summed E-state index contributed by atoms with van der Waals surface area (Å²) >= 11 is 6.14. The van der Waals surface area contributed by atoms with Crippen LogP contribution in [0.4, 0.5) is 0 Å². The number of benzene rings is 2. The van der Waals surface area contributed by atoms with Crippen molar-refractivity contribution in [3.8, 4) is 0 Å². The molecular formula is C21H25Cl2N3O2. The molecule has 1 fully saturated rings. The summed E-state index contributed by atoms with van der Waals surface area (Å²) in [6, 6.07) is 16.0. The zero-order chi connectivity index (χ0) is 19.2. The number of amides is 2. The molecule has 2 aromatic rings. The van der Waals surface area contributed by atoms with Crippen LogP contribution < -0.4 is 11.1 Å². The maximum atomic E-state index is 12.8. The van der Waals surface area contributed by atoms with Gasteiger partial charge in [0.15, 0.2) is 0 Å². The van der Waals surface area contributed by atoms with Crippen LogP contribution in [0, 0.1) is 5.92 Å². The summed E-state index contributed by atoms with van der Waals surface area (Å²) in [6.45, 7) is 2.01. The fourth-order valence-corrected chi connectivity index (χ4v) is 3.60. The second kappa shape index (κ2) is 10.5. The molecule has 0 saturated carbocycles. The van der Waals surface area contributed by atoms with Gasteiger partial charge >= 0.3 is 0 Å². The van der Waals surface area contributed by atoms with E-state index in [4.69, 9.17) is 17.3 Å². The van der Waals surface area contributed by atoms with Crippen molar-refractivity contribution in [1.82, 2.24) is 10.2 Å². The maximum absolute atomic E-state index is 12.8. The van der Waals surface area contributed by atoms with E-state index < -0.39 is 6.04 Å². The summed E-state index contributed by atoms with van der Waals surface area (Å²) in [4.78, 5) is 27.3. The van der Waals surface area contributed by atoms with E-state index in [9.17, 15) is 9.59 Å². The van der Waals surface area contributed by atoms with Crippen molar-refractivity contribution in [2.24, 2.45) is 11.7 Å². The highest BCUT2D eigenvalue weighted by Crippen LogP contribution is 2.23. The van der Waals surface area contributed by atoms with Crippen LogP contribution in [0.3, 0.4) is 0 Å². The fourth-order valence-electron chi connectivity index (χ4n) is 3.37. The van der Waals surface area contributed by atoms with Gasteiger partial charge in [-0.15, -0.1) is 12.4 Å². The van der Waals surface area contributed by atoms with Gasteiger partial charge in [-0.2, -0.15) is 0 Å². The Bertz CT molecular complexity index is 801. The fraction of sp³-hybridized carbons (Fsp3) is 0.333. The Labute approximate surface area is 176 Å². The van der Waals surface area contributed by atoms with E-state index in [2.05, 4.69) is 5.32 Å². The van der Waals surface area contributed by atoms with Gasteiger partial charge in [-0.3, -0.25) is 9.59 Å². The van der Waals surface area contributed by atoms with Crippen molar-refractivity contribution in [1.29, 1.82) is 0 Å². The van der Waals surface area contributed by atoms with E-state index >= 15 is 0 Å². The quantitative estimate of drug-likeness (QED) is 0.749. The number of nitrogens with one attached hydrogen (secondary N) is 1. The number of hydrogen-bond acceptors (Lipinski definition) is 3. The molecule has 0 spiro atoms. The highest BCUT2D eigenvalue weighted by Gasteiger charge is 2.28. The van der Waals surface area contributed by atoms with E-state index in [1.165, 1.54) is 0 Å². The van der Waals surface area contributed by atoms with Crippen LogP contribution in [0.25, 0.3) is 0 Å². The van der Waals surface area contributed by atoms with Crippen molar-refractivity contribution in [2.75, 3.05) is 19.6 Å². The number of halogens is 2. The Morgan fingerprint density at radius 3 is 2.46 bits per heavy atom. The topological polar surface area (TPSA) is 75.4 Å². The summed E-state index contributed by atoms with van der Waals surface area (Å²) in [5.41, 5.74) is 7.02. The minimum Gasteiger partial charge on any atom is -0.345 e. The molecule has 3 N–H and O–H groups in total. The molecule has 28 heavy (non-hydrogen) atoms. The van der Waals surface area contributed by atoms with Crippen LogP contribution in [0.5, 0.6) is 0 Å². The highest BCUT2D eigenvalue weighted by molar-refractivity contribution is 6.33. The normalized spacial score (nSPS) is 16.9. The molecule has 1 saturated heterocycles. The third-order valence-electron chi connectivity index (χ3n) is 4.98. The summed E-state index contributed by atoms with van der Waals surface area (Å²) in [6.07, 6.45) is 1.14. The predicted octanol–water partition coefficient (Wildman–Crippen LogP) is 3.43. The van der Waals surface area contributed by atoms with Gasteiger partial charge in [-0.1, -0.05) is 54.1 Å². The lowest BCUT2D eigenvalue weighted by Crippen LogP contribution is -2.36. The molecule has 0 radical (unpaired) electrons. The van der Waals surface area contributed by atoms with E-state index in [0.29, 0.717) is 29.6 Å². The summed E-state index contributed by atoms with van der Waals surface area (Å²) in [7, 11) is 0. The van der Waals surface area contributed by atoms with Crippen molar-refractivity contribution < 1.29 is 9.59 Å². The molecule has 2 aromatic carbocycles. The molecule has 0 bridgehead atoms. The van der Waals surface area contributed by atoms with Crippen LogP contribution in [0.2, 0.25) is 5.02 Å². The van der Waals surface area contributed by atoms with Gasteiger partial charge in [0, 0.05) is 13.1 Å². The number of hydrogen-bond donors (Lipinski definition) is 2. The Kier molecular flexibility index (Phi) is 8.30. The van der Waals surface area contributed by atoms with Crippen LogP contribution in [-0.2, 0) is 4.79 Å². The molecule has 1 aliphatic heterocycles. The first-order valence-electron chi connectivity index (χ1n) is 9.16. The SMILES string of the molecule is Cl.NCC1CCN(C(=O)CC(NC(=O)c2ccccc2Cl)c2ccccc2)C1. The summed E-state index contributed by atoms with van der Waals surface area (Å²) < 4.78 is 0. The first kappa shape index (κ1) is 22.2. The molecule has 5 nitrogen and oxygen atoms in total. The highest BCUT2D eigenvalue weighted by atomic mass is 35.5. The van der Waals surface area contributed by atoms with E-state index in [-0.39, 0.29) is 30.6 Å². The van der Waals surface area contributed by atoms with Crippen LogP contribution in [0.1, 0.15) is 34.8 Å². The van der Waals surface area contributed by atoms with Gasteiger partial charge in [0.1, 0.15) is 0 Å². The number of likely N-dealkylation sites (tertiary alicyclic amines) is 1. The Hall–Kier alpha value is -2.08. The van der Waals surface area contributed by atoms with Crippen LogP contribution in [0.15, 0.2) is 54.6 Å². The van der Waals surface area contributed by atoms with Gasteiger partial charge in [0.05, 0.1) is 23.0 Å². The third kappa shape index (κ3) is 5.47. The predicted molar refractivity (Wildman–Crippen MR) is 114 cm³/mol. The van der Waals surface area contributed by atoms with Gasteiger partial charge in [0.25, 0.3) is 5.91 Å². The van der Waals surface area contributed by atoms with Gasteiger partial charge in [-0.05, 0) is 36.6 Å². The molecule has 0 aliphatic carbocycles. The number of nitrogens with zero attached hydrogens (tertiary/aromatic N) is 1. The largest absolute Gasteiger partial charge is 0.345 e. The lowest BCUT2D eigenvalue weighted by atomic mass is 10.0. The van der Waals surface area contributed by atoms with Crippen molar-refractivity contribution >= 4 is 35.8 Å². The molecule has 2 amide bonds. The van der Waals surface area contributed by atoms with E-state index in [0.717, 1.165) is 18.5 Å². The van der Waals surface area contributed by atoms with Gasteiger partial charge in [-0.25, -0.2) is 0 Å². The zero-order valence-electron chi connectivity index (χ0n) is 15.5. The monoisotopic (exact) mass is 421 g/mol.